The molecule has 0 spiro atoms. The predicted molar refractivity (Wildman–Crippen MR) is 123 cm³/mol. The molecule has 32 heavy (non-hydrogen) atoms. The molecule has 2 bridgehead atoms. The van der Waals surface area contributed by atoms with Crippen LogP contribution in [-0.2, 0) is 36.9 Å². The first-order valence-corrected chi connectivity index (χ1v) is 11.4. The van der Waals surface area contributed by atoms with E-state index in [1.165, 1.54) is 0 Å². The maximum Gasteiger partial charge on any atom is 0.126 e. The van der Waals surface area contributed by atoms with E-state index in [0.717, 1.165) is 0 Å². The van der Waals surface area contributed by atoms with Gasteiger partial charge in [-0.15, -0.1) is 0 Å². The molecule has 0 fully saturated rings. The Morgan fingerprint density at radius 1 is 0.750 bits per heavy atom. The van der Waals surface area contributed by atoms with Gasteiger partial charge in [-0.1, -0.05) is 41.5 Å². The van der Waals surface area contributed by atoms with E-state index in [-0.39, 0.29) is 42.0 Å². The van der Waals surface area contributed by atoms with Crippen molar-refractivity contribution in [1.82, 2.24) is 0 Å². The number of phenols is 1. The number of hydrogen-bond acceptors (Lipinski definition) is 7. The van der Waals surface area contributed by atoms with Crippen molar-refractivity contribution < 1.29 is 33.5 Å². The molecule has 0 saturated heterocycles. The first-order chi connectivity index (χ1) is 15.0. The molecule has 2 atom stereocenters. The molecule has 1 aliphatic rings. The number of phenolic OH excluding ortho intramolecular Hbond substituents is 1. The van der Waals surface area contributed by atoms with E-state index in [1.54, 1.807) is 19.2 Å². The quantitative estimate of drug-likeness (QED) is 0.677. The van der Waals surface area contributed by atoms with Crippen molar-refractivity contribution in [2.75, 3.05) is 46.8 Å². The van der Waals surface area contributed by atoms with Crippen LogP contribution in [-0.4, -0.2) is 64.1 Å². The molecule has 184 valence electrons. The highest BCUT2D eigenvalue weighted by Crippen LogP contribution is 2.31. The summed E-state index contributed by atoms with van der Waals surface area (Å²) < 4.78 is 35.2. The molecule has 1 aromatic rings. The summed E-state index contributed by atoms with van der Waals surface area (Å²) in [5.41, 5.74) is 1.12. The maximum atomic E-state index is 10.8. The zero-order valence-electron chi connectivity index (χ0n) is 20.9. The summed E-state index contributed by atoms with van der Waals surface area (Å²) in [7, 11) is 1.61. The van der Waals surface area contributed by atoms with Gasteiger partial charge >= 0.3 is 0 Å². The van der Waals surface area contributed by atoms with Gasteiger partial charge in [0.1, 0.15) is 11.5 Å². The van der Waals surface area contributed by atoms with Crippen LogP contribution in [0.25, 0.3) is 0 Å². The highest BCUT2D eigenvalue weighted by Gasteiger charge is 2.27. The molecular weight excluding hydrogens is 412 g/mol. The maximum absolute atomic E-state index is 10.8. The average molecular weight is 455 g/mol. The lowest BCUT2D eigenvalue weighted by Crippen LogP contribution is -2.35. The summed E-state index contributed by atoms with van der Waals surface area (Å²) in [6.45, 7) is 16.0. The van der Waals surface area contributed by atoms with Crippen LogP contribution in [0.3, 0.4) is 0 Å². The predicted octanol–water partition coefficient (Wildman–Crippen LogP) is 4.33. The summed E-state index contributed by atoms with van der Waals surface area (Å²) in [4.78, 5) is 0. The lowest BCUT2D eigenvalue weighted by molar-refractivity contribution is -0.102. The van der Waals surface area contributed by atoms with Gasteiger partial charge in [0.25, 0.3) is 0 Å². The molecule has 1 N–H and O–H groups in total. The number of ether oxygens (including phenoxy) is 6. The molecule has 0 aromatic heterocycles. The second kappa shape index (κ2) is 12.2. The first-order valence-electron chi connectivity index (χ1n) is 11.4. The van der Waals surface area contributed by atoms with E-state index in [0.29, 0.717) is 56.5 Å². The monoisotopic (exact) mass is 454 g/mol. The van der Waals surface area contributed by atoms with Gasteiger partial charge in [-0.2, -0.15) is 0 Å². The van der Waals surface area contributed by atoms with Gasteiger partial charge < -0.3 is 33.5 Å². The molecule has 7 heteroatoms. The third-order valence-corrected chi connectivity index (χ3v) is 5.56. The fraction of sp³-hybridized carbons (Fsp3) is 0.760. The van der Waals surface area contributed by atoms with E-state index >= 15 is 0 Å². The Balaban J connectivity index is 2.21. The summed E-state index contributed by atoms with van der Waals surface area (Å²) in [5.74, 6) is 0.820. The minimum absolute atomic E-state index is 0.0979. The van der Waals surface area contributed by atoms with Gasteiger partial charge in [0.05, 0.1) is 72.2 Å². The number of fused-ring (bicyclic) bond motifs is 2. The lowest BCUT2D eigenvalue weighted by Gasteiger charge is -2.31. The first kappa shape index (κ1) is 26.9. The fourth-order valence-electron chi connectivity index (χ4n) is 3.31. The van der Waals surface area contributed by atoms with E-state index in [1.807, 2.05) is 0 Å². The largest absolute Gasteiger partial charge is 0.507 e. The Labute approximate surface area is 193 Å². The van der Waals surface area contributed by atoms with Crippen molar-refractivity contribution in [3.8, 4) is 11.5 Å². The zero-order chi connectivity index (χ0) is 23.8. The molecule has 2 rings (SSSR count). The molecule has 0 aliphatic carbocycles. The highest BCUT2D eigenvalue weighted by molar-refractivity contribution is 5.46. The van der Waals surface area contributed by atoms with Crippen molar-refractivity contribution in [3.05, 3.63) is 23.3 Å². The SMILES string of the molecule is COc1cc2c(O)c(c1)COC[C@@H](C(C)(C)C)OCCOCCO[C@H](C(C)(C)C)COC2. The highest BCUT2D eigenvalue weighted by atomic mass is 16.6. The number of methoxy groups -OCH3 is 1. The van der Waals surface area contributed by atoms with Crippen molar-refractivity contribution in [2.24, 2.45) is 10.8 Å². The minimum Gasteiger partial charge on any atom is -0.507 e. The molecule has 0 amide bonds. The second-order valence-corrected chi connectivity index (χ2v) is 10.4. The van der Waals surface area contributed by atoms with E-state index in [9.17, 15) is 5.11 Å². The summed E-state index contributed by atoms with van der Waals surface area (Å²) in [6, 6.07) is 3.58. The van der Waals surface area contributed by atoms with Crippen LogP contribution in [0.2, 0.25) is 0 Å². The molecule has 1 aliphatic heterocycles. The van der Waals surface area contributed by atoms with Crippen LogP contribution in [0.1, 0.15) is 52.7 Å². The van der Waals surface area contributed by atoms with Gasteiger partial charge in [-0.3, -0.25) is 0 Å². The number of rotatable bonds is 1. The van der Waals surface area contributed by atoms with Crippen molar-refractivity contribution in [3.63, 3.8) is 0 Å². The molecule has 1 heterocycles. The van der Waals surface area contributed by atoms with Gasteiger partial charge in [-0.05, 0) is 23.0 Å². The van der Waals surface area contributed by atoms with E-state index in [4.69, 9.17) is 28.4 Å². The normalized spacial score (nSPS) is 23.2. The Morgan fingerprint density at radius 3 is 1.56 bits per heavy atom. The van der Waals surface area contributed by atoms with Crippen LogP contribution in [0.4, 0.5) is 0 Å². The second-order valence-electron chi connectivity index (χ2n) is 10.4. The fourth-order valence-corrected chi connectivity index (χ4v) is 3.31. The molecular formula is C25H42O7. The molecule has 1 aromatic carbocycles. The van der Waals surface area contributed by atoms with Gasteiger partial charge in [-0.25, -0.2) is 0 Å². The Hall–Kier alpha value is -1.38. The molecule has 7 nitrogen and oxygen atoms in total. The van der Waals surface area contributed by atoms with Crippen LogP contribution in [0.5, 0.6) is 11.5 Å². The third kappa shape index (κ3) is 8.52. The van der Waals surface area contributed by atoms with Crippen LogP contribution in [0, 0.1) is 10.8 Å². The standard InChI is InChI=1S/C25H42O7/c1-24(2,3)21-16-29-14-18-12-20(27-7)13-19(23(18)26)15-30-17-22(25(4,5)6)32-11-9-28-8-10-31-21/h12-13,21-22,26H,8-11,14-17H2,1-7H3/t21-,22-/m0/s1. The Bertz CT molecular complexity index is 638. The van der Waals surface area contributed by atoms with E-state index in [2.05, 4.69) is 41.5 Å². The number of aromatic hydroxyl groups is 1. The molecule has 0 saturated carbocycles. The van der Waals surface area contributed by atoms with Crippen LogP contribution >= 0.6 is 0 Å². The summed E-state index contributed by atoms with van der Waals surface area (Å²) in [5, 5.41) is 10.8. The van der Waals surface area contributed by atoms with Crippen molar-refractivity contribution in [2.45, 2.75) is 67.0 Å². The smallest absolute Gasteiger partial charge is 0.126 e. The zero-order valence-corrected chi connectivity index (χ0v) is 20.9. The topological polar surface area (TPSA) is 75.6 Å². The summed E-state index contributed by atoms with van der Waals surface area (Å²) in [6.07, 6.45) is -0.218. The van der Waals surface area contributed by atoms with Gasteiger partial charge in [0.2, 0.25) is 0 Å². The van der Waals surface area contributed by atoms with Gasteiger partial charge in [0, 0.05) is 11.1 Å². The number of hydrogen-bond donors (Lipinski definition) is 1. The van der Waals surface area contributed by atoms with Crippen LogP contribution in [0.15, 0.2) is 12.1 Å². The van der Waals surface area contributed by atoms with Crippen LogP contribution < -0.4 is 4.74 Å². The average Bonchev–Trinajstić information content (AvgIpc) is 2.69. The Morgan fingerprint density at radius 2 is 1.19 bits per heavy atom. The minimum atomic E-state index is -0.109. The lowest BCUT2D eigenvalue weighted by atomic mass is 9.89. The van der Waals surface area contributed by atoms with Crippen molar-refractivity contribution >= 4 is 0 Å². The molecule has 0 radical (unpaired) electrons. The number of benzene rings is 1. The Kier molecular flexibility index (Phi) is 10.2. The van der Waals surface area contributed by atoms with E-state index < -0.39 is 0 Å². The summed E-state index contributed by atoms with van der Waals surface area (Å²) >= 11 is 0. The molecule has 0 unspecified atom stereocenters. The van der Waals surface area contributed by atoms with Crippen molar-refractivity contribution in [1.29, 1.82) is 0 Å². The third-order valence-electron chi connectivity index (χ3n) is 5.56. The van der Waals surface area contributed by atoms with Gasteiger partial charge in [0.15, 0.2) is 0 Å².